The van der Waals surface area contributed by atoms with Gasteiger partial charge in [0.15, 0.2) is 5.78 Å². The van der Waals surface area contributed by atoms with Crippen molar-refractivity contribution in [2.24, 2.45) is 5.73 Å². The van der Waals surface area contributed by atoms with Crippen LogP contribution < -0.4 is 5.73 Å². The first-order chi connectivity index (χ1) is 13.4. The van der Waals surface area contributed by atoms with Crippen LogP contribution >= 0.6 is 0 Å². The summed E-state index contributed by atoms with van der Waals surface area (Å²) in [6.45, 7) is 4.64. The van der Waals surface area contributed by atoms with Gasteiger partial charge in [-0.25, -0.2) is 4.79 Å². The highest BCUT2D eigenvalue weighted by atomic mass is 16.4. The van der Waals surface area contributed by atoms with Crippen LogP contribution in [-0.2, 0) is 0 Å². The summed E-state index contributed by atoms with van der Waals surface area (Å²) in [5, 5.41) is 19.5. The number of phenols is 1. The summed E-state index contributed by atoms with van der Waals surface area (Å²) >= 11 is 0. The number of carbonyl (C=O) groups is 2. The van der Waals surface area contributed by atoms with Gasteiger partial charge in [0.25, 0.3) is 0 Å². The summed E-state index contributed by atoms with van der Waals surface area (Å²) in [5.74, 6) is -1.88. The van der Waals surface area contributed by atoms with Gasteiger partial charge in [-0.1, -0.05) is 61.0 Å². The quantitative estimate of drug-likeness (QED) is 0.590. The fourth-order valence-electron chi connectivity index (χ4n) is 2.66. The Morgan fingerprint density at radius 3 is 1.93 bits per heavy atom. The third-order valence-corrected chi connectivity index (χ3v) is 4.03. The van der Waals surface area contributed by atoms with Crippen LogP contribution in [0.15, 0.2) is 66.7 Å². The number of nitrogens with two attached hydrogens (primary N) is 1. The number of phenolic OH excluding ortho intramolecular Hbond substituents is 1. The molecule has 5 nitrogen and oxygen atoms in total. The minimum atomic E-state index is -1.18. The van der Waals surface area contributed by atoms with Crippen molar-refractivity contribution in [3.05, 3.63) is 89.0 Å². The second-order valence-corrected chi connectivity index (χ2v) is 6.19. The number of hydrogen-bond donors (Lipinski definition) is 3. The number of carbonyl (C=O) groups excluding carboxylic acids is 1. The SMILES string of the molecule is CCN.Cc1ccc(-c2ccc(C(=O)c3ccccc3C(=O)O)c(O)c2)cc1. The van der Waals surface area contributed by atoms with E-state index >= 15 is 0 Å². The van der Waals surface area contributed by atoms with Gasteiger partial charge in [-0.3, -0.25) is 4.79 Å². The Hall–Kier alpha value is -3.44. The first kappa shape index (κ1) is 20.9. The molecule has 0 spiro atoms. The van der Waals surface area contributed by atoms with Gasteiger partial charge in [0.2, 0.25) is 0 Å². The molecule has 0 radical (unpaired) electrons. The van der Waals surface area contributed by atoms with Crippen molar-refractivity contribution in [2.75, 3.05) is 6.54 Å². The number of carboxylic acid groups (broad SMARTS) is 1. The Labute approximate surface area is 164 Å². The van der Waals surface area contributed by atoms with E-state index in [0.29, 0.717) is 0 Å². The summed E-state index contributed by atoms with van der Waals surface area (Å²) in [6.07, 6.45) is 0. The molecule has 0 unspecified atom stereocenters. The zero-order valence-corrected chi connectivity index (χ0v) is 15.8. The van der Waals surface area contributed by atoms with Crippen molar-refractivity contribution >= 4 is 11.8 Å². The average molecular weight is 377 g/mol. The van der Waals surface area contributed by atoms with E-state index in [1.807, 2.05) is 38.1 Å². The number of rotatable bonds is 4. The Morgan fingerprint density at radius 2 is 1.39 bits per heavy atom. The monoisotopic (exact) mass is 377 g/mol. The summed E-state index contributed by atoms with van der Waals surface area (Å²) in [7, 11) is 0. The molecule has 3 aromatic rings. The van der Waals surface area contributed by atoms with E-state index in [9.17, 15) is 19.8 Å². The Kier molecular flexibility index (Phi) is 7.07. The molecule has 0 fully saturated rings. The number of aryl methyl sites for hydroxylation is 1. The van der Waals surface area contributed by atoms with Crippen molar-refractivity contribution in [1.82, 2.24) is 0 Å². The molecule has 5 heteroatoms. The predicted molar refractivity (Wildman–Crippen MR) is 110 cm³/mol. The molecule has 0 saturated heterocycles. The van der Waals surface area contributed by atoms with E-state index < -0.39 is 11.8 Å². The Morgan fingerprint density at radius 1 is 0.857 bits per heavy atom. The van der Waals surface area contributed by atoms with Gasteiger partial charge in [0.05, 0.1) is 11.1 Å². The molecule has 3 aromatic carbocycles. The predicted octanol–water partition coefficient (Wildman–Crippen LogP) is 4.26. The molecular formula is C23H23NO4. The van der Waals surface area contributed by atoms with Gasteiger partial charge in [0, 0.05) is 5.56 Å². The number of aromatic hydroxyl groups is 1. The molecule has 0 heterocycles. The van der Waals surface area contributed by atoms with E-state index in [-0.39, 0.29) is 22.4 Å². The number of hydrogen-bond acceptors (Lipinski definition) is 4. The molecule has 0 amide bonds. The van der Waals surface area contributed by atoms with Gasteiger partial charge in [-0.05, 0) is 42.8 Å². The standard InChI is InChI=1S/C21H16O4.C2H7N/c1-13-6-8-14(9-7-13)15-10-11-18(19(22)12-15)20(23)16-4-2-3-5-17(16)21(24)25;1-2-3/h2-12,22H,1H3,(H,24,25);2-3H2,1H3. The van der Waals surface area contributed by atoms with Crippen LogP contribution in [0, 0.1) is 6.92 Å². The van der Waals surface area contributed by atoms with Crippen LogP contribution in [0.25, 0.3) is 11.1 Å². The zero-order chi connectivity index (χ0) is 20.7. The molecule has 144 valence electrons. The second kappa shape index (κ2) is 9.48. The molecule has 0 atom stereocenters. The highest BCUT2D eigenvalue weighted by Gasteiger charge is 2.20. The lowest BCUT2D eigenvalue weighted by Gasteiger charge is -2.09. The molecule has 0 aliphatic rings. The lowest BCUT2D eigenvalue weighted by Crippen LogP contribution is -2.09. The van der Waals surface area contributed by atoms with Crippen LogP contribution in [-0.4, -0.2) is 28.5 Å². The van der Waals surface area contributed by atoms with Gasteiger partial charge in [0.1, 0.15) is 5.75 Å². The molecule has 28 heavy (non-hydrogen) atoms. The van der Waals surface area contributed by atoms with Crippen molar-refractivity contribution < 1.29 is 19.8 Å². The zero-order valence-electron chi connectivity index (χ0n) is 15.8. The molecule has 3 rings (SSSR count). The van der Waals surface area contributed by atoms with Crippen LogP contribution in [0.3, 0.4) is 0 Å². The average Bonchev–Trinajstić information content (AvgIpc) is 2.68. The van der Waals surface area contributed by atoms with Crippen molar-refractivity contribution in [3.8, 4) is 16.9 Å². The molecule has 4 N–H and O–H groups in total. The lowest BCUT2D eigenvalue weighted by molar-refractivity contribution is 0.0692. The number of carboxylic acids is 1. The Bertz CT molecular complexity index is 978. The largest absolute Gasteiger partial charge is 0.507 e. The van der Waals surface area contributed by atoms with Crippen LogP contribution in [0.5, 0.6) is 5.75 Å². The molecule has 0 aliphatic heterocycles. The maximum atomic E-state index is 12.7. The van der Waals surface area contributed by atoms with Crippen molar-refractivity contribution in [1.29, 1.82) is 0 Å². The van der Waals surface area contributed by atoms with Crippen molar-refractivity contribution in [2.45, 2.75) is 13.8 Å². The first-order valence-electron chi connectivity index (χ1n) is 8.86. The van der Waals surface area contributed by atoms with Crippen LogP contribution in [0.4, 0.5) is 0 Å². The molecule has 0 aliphatic carbocycles. The van der Waals surface area contributed by atoms with Gasteiger partial charge < -0.3 is 15.9 Å². The summed E-state index contributed by atoms with van der Waals surface area (Å²) < 4.78 is 0. The molecule has 0 bridgehead atoms. The summed E-state index contributed by atoms with van der Waals surface area (Å²) in [4.78, 5) is 24.0. The van der Waals surface area contributed by atoms with Gasteiger partial charge in [-0.15, -0.1) is 0 Å². The number of aromatic carboxylic acids is 1. The summed E-state index contributed by atoms with van der Waals surface area (Å²) in [6, 6.07) is 18.5. The molecular weight excluding hydrogens is 354 g/mol. The lowest BCUT2D eigenvalue weighted by atomic mass is 9.95. The maximum Gasteiger partial charge on any atom is 0.336 e. The van der Waals surface area contributed by atoms with E-state index in [1.165, 1.54) is 24.3 Å². The van der Waals surface area contributed by atoms with Crippen LogP contribution in [0.1, 0.15) is 38.8 Å². The number of benzene rings is 3. The maximum absolute atomic E-state index is 12.7. The van der Waals surface area contributed by atoms with Crippen LogP contribution in [0.2, 0.25) is 0 Å². The van der Waals surface area contributed by atoms with E-state index in [4.69, 9.17) is 5.73 Å². The fourth-order valence-corrected chi connectivity index (χ4v) is 2.66. The highest BCUT2D eigenvalue weighted by Crippen LogP contribution is 2.29. The fraction of sp³-hybridized carbons (Fsp3) is 0.130. The minimum Gasteiger partial charge on any atom is -0.507 e. The number of ketones is 1. The topological polar surface area (TPSA) is 101 Å². The Balaban J connectivity index is 0.000000878. The highest BCUT2D eigenvalue weighted by molar-refractivity contribution is 6.15. The minimum absolute atomic E-state index is 0.0494. The second-order valence-electron chi connectivity index (χ2n) is 6.19. The van der Waals surface area contributed by atoms with Gasteiger partial charge in [-0.2, -0.15) is 0 Å². The van der Waals surface area contributed by atoms with E-state index in [1.54, 1.807) is 18.2 Å². The first-order valence-corrected chi connectivity index (χ1v) is 8.86. The molecule has 0 saturated carbocycles. The van der Waals surface area contributed by atoms with Crippen molar-refractivity contribution in [3.63, 3.8) is 0 Å². The van der Waals surface area contributed by atoms with E-state index in [0.717, 1.165) is 23.2 Å². The normalized spacial score (nSPS) is 9.96. The molecule has 0 aromatic heterocycles. The third-order valence-electron chi connectivity index (χ3n) is 4.03. The third kappa shape index (κ3) is 4.84. The summed E-state index contributed by atoms with van der Waals surface area (Å²) in [5.41, 5.74) is 7.71. The van der Waals surface area contributed by atoms with E-state index in [2.05, 4.69) is 0 Å². The van der Waals surface area contributed by atoms with Gasteiger partial charge >= 0.3 is 5.97 Å². The smallest absolute Gasteiger partial charge is 0.336 e.